The van der Waals surface area contributed by atoms with Crippen LogP contribution >= 0.6 is 0 Å². The van der Waals surface area contributed by atoms with Gasteiger partial charge >= 0.3 is 5.97 Å². The number of hydrogen-bond acceptors (Lipinski definition) is 3. The van der Waals surface area contributed by atoms with E-state index in [1.165, 1.54) is 6.92 Å². The maximum Gasteiger partial charge on any atom is 0.302 e. The molecule has 78 valence electrons. The second-order valence-electron chi connectivity index (χ2n) is 4.43. The van der Waals surface area contributed by atoms with Crippen LogP contribution in [0, 0.1) is 0 Å². The quantitative estimate of drug-likeness (QED) is 0.403. The molecule has 0 heterocycles. The molecule has 0 atom stereocenters. The highest BCUT2D eigenvalue weighted by molar-refractivity contribution is 6.76. The van der Waals surface area contributed by atoms with Gasteiger partial charge in [0.1, 0.15) is 0 Å². The molecule has 0 spiro atoms. The molecule has 0 aromatic rings. The molecule has 0 unspecified atom stereocenters. The second-order valence-corrected chi connectivity index (χ2v) is 9.91. The molecule has 0 aliphatic heterocycles. The smallest absolute Gasteiger partial charge is 0.302 e. The molecule has 13 heavy (non-hydrogen) atoms. The minimum absolute atomic E-state index is 0.190. The van der Waals surface area contributed by atoms with Crippen LogP contribution in [-0.4, -0.2) is 33.4 Å². The Kier molecular flexibility index (Phi) is 5.99. The number of nitrogens with one attached hydrogen (secondary N) is 1. The van der Waals surface area contributed by atoms with E-state index in [1.807, 2.05) is 0 Å². The number of hydrogen-bond donors (Lipinski definition) is 1. The summed E-state index contributed by atoms with van der Waals surface area (Å²) in [6, 6.07) is 0. The van der Waals surface area contributed by atoms with Crippen LogP contribution in [0.1, 0.15) is 13.3 Å². The van der Waals surface area contributed by atoms with E-state index in [-0.39, 0.29) is 5.97 Å². The van der Waals surface area contributed by atoms with Gasteiger partial charge < -0.3 is 10.1 Å². The Morgan fingerprint density at radius 2 is 2.00 bits per heavy atom. The van der Waals surface area contributed by atoms with Gasteiger partial charge in [0.05, 0.1) is 14.7 Å². The third-order valence-electron chi connectivity index (χ3n) is 1.46. The van der Waals surface area contributed by atoms with E-state index in [1.54, 1.807) is 0 Å². The highest BCUT2D eigenvalue weighted by atomic mass is 28.3. The third kappa shape index (κ3) is 11.6. The summed E-state index contributed by atoms with van der Waals surface area (Å²) in [5, 5.41) is 3.37. The molecule has 0 radical (unpaired) electrons. The van der Waals surface area contributed by atoms with Gasteiger partial charge in [-0.3, -0.25) is 4.79 Å². The first-order valence-corrected chi connectivity index (χ1v) is 8.46. The number of carbonyl (C=O) groups is 1. The van der Waals surface area contributed by atoms with E-state index in [9.17, 15) is 4.79 Å². The summed E-state index contributed by atoms with van der Waals surface area (Å²) in [7, 11) is -0.958. The number of ether oxygens (including phenoxy) is 1. The van der Waals surface area contributed by atoms with Crippen LogP contribution in [-0.2, 0) is 9.53 Å². The SMILES string of the molecule is CC(=O)OCCCNC[Si](C)(C)C. The number of carbonyl (C=O) groups excluding carboxylic acids is 1. The van der Waals surface area contributed by atoms with Gasteiger partial charge in [-0.1, -0.05) is 19.6 Å². The monoisotopic (exact) mass is 203 g/mol. The Balaban J connectivity index is 3.13. The maximum atomic E-state index is 10.4. The average molecular weight is 203 g/mol. The molecule has 0 rings (SSSR count). The van der Waals surface area contributed by atoms with E-state index in [0.717, 1.165) is 19.1 Å². The van der Waals surface area contributed by atoms with Crippen LogP contribution in [0.3, 0.4) is 0 Å². The highest BCUT2D eigenvalue weighted by Gasteiger charge is 2.10. The van der Waals surface area contributed by atoms with Gasteiger partial charge in [0.25, 0.3) is 0 Å². The zero-order valence-electron chi connectivity index (χ0n) is 9.14. The van der Waals surface area contributed by atoms with E-state index in [0.29, 0.717) is 6.61 Å². The van der Waals surface area contributed by atoms with Crippen LogP contribution in [0.5, 0.6) is 0 Å². The molecular formula is C9H21NO2Si. The van der Waals surface area contributed by atoms with E-state index in [2.05, 4.69) is 25.0 Å². The largest absolute Gasteiger partial charge is 0.466 e. The Hall–Kier alpha value is -0.353. The van der Waals surface area contributed by atoms with Gasteiger partial charge in [0, 0.05) is 6.92 Å². The maximum absolute atomic E-state index is 10.4. The average Bonchev–Trinajstić information content (AvgIpc) is 1.93. The molecule has 0 aliphatic carbocycles. The van der Waals surface area contributed by atoms with Gasteiger partial charge in [-0.15, -0.1) is 0 Å². The Labute approximate surface area is 81.9 Å². The summed E-state index contributed by atoms with van der Waals surface area (Å²) in [6.45, 7) is 9.89. The van der Waals surface area contributed by atoms with Crippen molar-refractivity contribution in [2.75, 3.05) is 19.3 Å². The van der Waals surface area contributed by atoms with Gasteiger partial charge in [0.15, 0.2) is 0 Å². The molecule has 4 heteroatoms. The minimum Gasteiger partial charge on any atom is -0.466 e. The second kappa shape index (κ2) is 6.15. The number of esters is 1. The molecule has 3 nitrogen and oxygen atoms in total. The molecule has 0 saturated heterocycles. The zero-order valence-corrected chi connectivity index (χ0v) is 10.1. The van der Waals surface area contributed by atoms with Gasteiger partial charge in [-0.25, -0.2) is 0 Å². The van der Waals surface area contributed by atoms with Crippen molar-refractivity contribution in [3.63, 3.8) is 0 Å². The Morgan fingerprint density at radius 1 is 1.38 bits per heavy atom. The normalized spacial score (nSPS) is 11.4. The first-order valence-electron chi connectivity index (χ1n) is 4.76. The lowest BCUT2D eigenvalue weighted by Gasteiger charge is -2.16. The van der Waals surface area contributed by atoms with Crippen molar-refractivity contribution in [3.8, 4) is 0 Å². The van der Waals surface area contributed by atoms with E-state index >= 15 is 0 Å². The fourth-order valence-electron chi connectivity index (χ4n) is 0.876. The van der Waals surface area contributed by atoms with Crippen molar-refractivity contribution in [1.29, 1.82) is 0 Å². The standard InChI is InChI=1S/C9H21NO2Si/c1-9(11)12-7-5-6-10-8-13(2,3)4/h10H,5-8H2,1-4H3. The summed E-state index contributed by atoms with van der Waals surface area (Å²) in [4.78, 5) is 10.4. The molecular weight excluding hydrogens is 182 g/mol. The molecule has 0 aliphatic rings. The fraction of sp³-hybridized carbons (Fsp3) is 0.889. The number of rotatable bonds is 6. The first kappa shape index (κ1) is 12.6. The lowest BCUT2D eigenvalue weighted by molar-refractivity contribution is -0.141. The molecule has 0 amide bonds. The van der Waals surface area contributed by atoms with Gasteiger partial charge in [-0.05, 0) is 19.1 Å². The van der Waals surface area contributed by atoms with Crippen LogP contribution in [0.4, 0.5) is 0 Å². The summed E-state index contributed by atoms with van der Waals surface area (Å²) in [5.74, 6) is -0.190. The van der Waals surface area contributed by atoms with Crippen LogP contribution in [0.25, 0.3) is 0 Å². The molecule has 0 bridgehead atoms. The van der Waals surface area contributed by atoms with Crippen LogP contribution < -0.4 is 5.32 Å². The van der Waals surface area contributed by atoms with Crippen LogP contribution in [0.2, 0.25) is 19.6 Å². The van der Waals surface area contributed by atoms with Crippen LogP contribution in [0.15, 0.2) is 0 Å². The predicted molar refractivity (Wildman–Crippen MR) is 57.5 cm³/mol. The zero-order chi connectivity index (χ0) is 10.3. The fourth-order valence-corrected chi connectivity index (χ4v) is 1.80. The van der Waals surface area contributed by atoms with E-state index < -0.39 is 8.07 Å². The molecule has 0 aromatic carbocycles. The van der Waals surface area contributed by atoms with Crippen molar-refractivity contribution in [3.05, 3.63) is 0 Å². The van der Waals surface area contributed by atoms with Crippen molar-refractivity contribution < 1.29 is 9.53 Å². The summed E-state index contributed by atoms with van der Waals surface area (Å²) >= 11 is 0. The predicted octanol–water partition coefficient (Wildman–Crippen LogP) is 1.41. The van der Waals surface area contributed by atoms with E-state index in [4.69, 9.17) is 4.74 Å². The van der Waals surface area contributed by atoms with Gasteiger partial charge in [-0.2, -0.15) is 0 Å². The lowest BCUT2D eigenvalue weighted by Crippen LogP contribution is -2.37. The molecule has 0 saturated carbocycles. The summed E-state index contributed by atoms with van der Waals surface area (Å²) < 4.78 is 4.81. The van der Waals surface area contributed by atoms with Crippen molar-refractivity contribution in [1.82, 2.24) is 5.32 Å². The summed E-state index contributed by atoms with van der Waals surface area (Å²) in [5.41, 5.74) is 0. The first-order chi connectivity index (χ1) is 5.92. The lowest BCUT2D eigenvalue weighted by atomic mass is 10.4. The minimum atomic E-state index is -0.958. The van der Waals surface area contributed by atoms with Gasteiger partial charge in [0.2, 0.25) is 0 Å². The van der Waals surface area contributed by atoms with Crippen molar-refractivity contribution in [2.45, 2.75) is 33.0 Å². The van der Waals surface area contributed by atoms with Crippen molar-refractivity contribution in [2.24, 2.45) is 0 Å². The topological polar surface area (TPSA) is 38.3 Å². The molecule has 1 N–H and O–H groups in total. The highest BCUT2D eigenvalue weighted by Crippen LogP contribution is 1.96. The Bertz CT molecular complexity index is 154. The molecule has 0 aromatic heterocycles. The third-order valence-corrected chi connectivity index (χ3v) is 2.77. The Morgan fingerprint density at radius 3 is 2.46 bits per heavy atom. The van der Waals surface area contributed by atoms with Crippen molar-refractivity contribution >= 4 is 14.0 Å². The summed E-state index contributed by atoms with van der Waals surface area (Å²) in [6.07, 6.45) is 2.04. The molecule has 0 fully saturated rings.